The summed E-state index contributed by atoms with van der Waals surface area (Å²) in [5.41, 5.74) is 10.9. The largest absolute Gasteiger partial charge is 0.496 e. The van der Waals surface area contributed by atoms with E-state index >= 15 is 0 Å². The monoisotopic (exact) mass is 492 g/mol. The number of nitrogens with zero attached hydrogens (tertiary/aromatic N) is 1. The van der Waals surface area contributed by atoms with Crippen molar-refractivity contribution in [1.82, 2.24) is 5.43 Å². The minimum atomic E-state index is 0.0347. The summed E-state index contributed by atoms with van der Waals surface area (Å²) in [6.45, 7) is 10.6. The van der Waals surface area contributed by atoms with Gasteiger partial charge >= 0.3 is 0 Å². The zero-order chi connectivity index (χ0) is 26.2. The molecule has 0 aromatic heterocycles. The number of rotatable bonds is 7. The molecule has 1 atom stereocenters. The highest BCUT2D eigenvalue weighted by atomic mass is 16.5. The van der Waals surface area contributed by atoms with Crippen LogP contribution in [-0.2, 0) is 6.42 Å². The van der Waals surface area contributed by atoms with Gasteiger partial charge in [-0.15, -0.1) is 0 Å². The Morgan fingerprint density at radius 3 is 2.76 bits per heavy atom. The predicted octanol–water partition coefficient (Wildman–Crippen LogP) is 8.15. The Morgan fingerprint density at radius 1 is 1.08 bits per heavy atom. The quantitative estimate of drug-likeness (QED) is 0.395. The Hall–Kier alpha value is -4.18. The number of hydrogen-bond donors (Lipinski definition) is 1. The third kappa shape index (κ3) is 5.97. The zero-order valence-electron chi connectivity index (χ0n) is 22.2. The normalized spacial score (nSPS) is 19.1. The molecule has 0 bridgehead atoms. The van der Waals surface area contributed by atoms with Crippen molar-refractivity contribution in [2.75, 3.05) is 12.1 Å². The second-order valence-electron chi connectivity index (χ2n) is 9.12. The fourth-order valence-corrected chi connectivity index (χ4v) is 4.48. The standard InChI is InChI=1S/C33H36N2O2/c1-6-7-9-14-25(3)29-23-27(20-21-32(29)36-5)35-30-17-13-19-33(28(30)16-10-8-11-22-34-35)37-31-18-12-15-24(2)26(31)4/h6-15,17,19-23,31,34H,3,16,18H2,1-2,4-5H3/b7-6-,10-8-,14-9-,22-11-. The van der Waals surface area contributed by atoms with Crippen LogP contribution in [0, 0.1) is 0 Å². The average Bonchev–Trinajstić information content (AvgIpc) is 3.02. The molecule has 1 aliphatic heterocycles. The summed E-state index contributed by atoms with van der Waals surface area (Å²) in [7, 11) is 1.69. The maximum atomic E-state index is 6.64. The summed E-state index contributed by atoms with van der Waals surface area (Å²) in [5.74, 6) is 1.68. The van der Waals surface area contributed by atoms with E-state index in [1.54, 1.807) is 7.11 Å². The maximum absolute atomic E-state index is 6.64. The smallest absolute Gasteiger partial charge is 0.126 e. The second-order valence-corrected chi connectivity index (χ2v) is 9.12. The van der Waals surface area contributed by atoms with Gasteiger partial charge in [0.1, 0.15) is 17.6 Å². The number of benzene rings is 2. The molecule has 1 aliphatic carbocycles. The lowest BCUT2D eigenvalue weighted by Gasteiger charge is -2.30. The number of hydrogen-bond acceptors (Lipinski definition) is 4. The van der Waals surface area contributed by atoms with Crippen molar-refractivity contribution in [3.8, 4) is 11.5 Å². The van der Waals surface area contributed by atoms with Crippen LogP contribution >= 0.6 is 0 Å². The Morgan fingerprint density at radius 2 is 1.95 bits per heavy atom. The molecule has 4 rings (SSSR count). The molecule has 0 saturated carbocycles. The number of methoxy groups -OCH3 is 1. The van der Waals surface area contributed by atoms with E-state index in [4.69, 9.17) is 9.47 Å². The predicted molar refractivity (Wildman–Crippen MR) is 156 cm³/mol. The second kappa shape index (κ2) is 12.2. The Bertz CT molecular complexity index is 1320. The van der Waals surface area contributed by atoms with Crippen LogP contribution in [0.15, 0.2) is 115 Å². The molecule has 190 valence electrons. The van der Waals surface area contributed by atoms with Crippen molar-refractivity contribution in [3.63, 3.8) is 0 Å². The van der Waals surface area contributed by atoms with Gasteiger partial charge in [0, 0.05) is 23.7 Å². The molecule has 4 nitrogen and oxygen atoms in total. The zero-order valence-corrected chi connectivity index (χ0v) is 22.2. The van der Waals surface area contributed by atoms with E-state index in [1.165, 1.54) is 11.1 Å². The average molecular weight is 493 g/mol. The first-order chi connectivity index (χ1) is 18.0. The van der Waals surface area contributed by atoms with Crippen molar-refractivity contribution in [2.24, 2.45) is 0 Å². The molecule has 0 amide bonds. The highest BCUT2D eigenvalue weighted by molar-refractivity contribution is 5.80. The van der Waals surface area contributed by atoms with Crippen LogP contribution in [0.2, 0.25) is 0 Å². The Labute approximate surface area is 221 Å². The molecular formula is C33H36N2O2. The van der Waals surface area contributed by atoms with Gasteiger partial charge in [0.25, 0.3) is 0 Å². The van der Waals surface area contributed by atoms with Gasteiger partial charge in [0.2, 0.25) is 0 Å². The molecule has 4 heteroatoms. The van der Waals surface area contributed by atoms with Gasteiger partial charge in [0.15, 0.2) is 0 Å². The van der Waals surface area contributed by atoms with Crippen LogP contribution in [0.3, 0.4) is 0 Å². The molecule has 1 heterocycles. The number of ether oxygens (including phenoxy) is 2. The Kier molecular flexibility index (Phi) is 8.52. The molecule has 2 aliphatic rings. The van der Waals surface area contributed by atoms with Crippen LogP contribution in [-0.4, -0.2) is 13.2 Å². The third-order valence-electron chi connectivity index (χ3n) is 6.70. The maximum Gasteiger partial charge on any atom is 0.126 e. The molecule has 37 heavy (non-hydrogen) atoms. The van der Waals surface area contributed by atoms with E-state index in [9.17, 15) is 0 Å². The molecule has 2 aromatic rings. The van der Waals surface area contributed by atoms with Crippen molar-refractivity contribution < 1.29 is 9.47 Å². The summed E-state index contributed by atoms with van der Waals surface area (Å²) < 4.78 is 12.3. The lowest BCUT2D eigenvalue weighted by molar-refractivity contribution is 0.236. The molecule has 0 saturated heterocycles. The summed E-state index contributed by atoms with van der Waals surface area (Å²) >= 11 is 0. The first-order valence-corrected chi connectivity index (χ1v) is 12.7. The van der Waals surface area contributed by atoms with Crippen LogP contribution in [0.1, 0.15) is 38.3 Å². The van der Waals surface area contributed by atoms with E-state index in [1.807, 2.05) is 49.6 Å². The third-order valence-corrected chi connectivity index (χ3v) is 6.70. The number of allylic oxidation sites excluding steroid dienone is 10. The molecule has 0 fully saturated rings. The lowest BCUT2D eigenvalue weighted by atomic mass is 9.97. The highest BCUT2D eigenvalue weighted by Crippen LogP contribution is 2.38. The van der Waals surface area contributed by atoms with Crippen molar-refractivity contribution in [3.05, 3.63) is 126 Å². The van der Waals surface area contributed by atoms with E-state index < -0.39 is 0 Å². The minimum Gasteiger partial charge on any atom is -0.496 e. The van der Waals surface area contributed by atoms with Crippen molar-refractivity contribution in [2.45, 2.75) is 39.7 Å². The first kappa shape index (κ1) is 25.9. The van der Waals surface area contributed by atoms with Gasteiger partial charge in [-0.2, -0.15) is 0 Å². The fraction of sp³-hybridized carbons (Fsp3) is 0.212. The summed E-state index contributed by atoms with van der Waals surface area (Å²) in [6, 6.07) is 12.4. The van der Waals surface area contributed by atoms with E-state index in [0.717, 1.165) is 52.4 Å². The van der Waals surface area contributed by atoms with Gasteiger partial charge < -0.3 is 14.9 Å². The van der Waals surface area contributed by atoms with Crippen LogP contribution in [0.5, 0.6) is 11.5 Å². The Balaban J connectivity index is 1.77. The molecular weight excluding hydrogens is 456 g/mol. The number of fused-ring (bicyclic) bond motifs is 1. The van der Waals surface area contributed by atoms with Crippen LogP contribution in [0.25, 0.3) is 5.57 Å². The minimum absolute atomic E-state index is 0.0347. The highest BCUT2D eigenvalue weighted by Gasteiger charge is 2.22. The number of anilines is 2. The van der Waals surface area contributed by atoms with Crippen LogP contribution in [0.4, 0.5) is 11.4 Å². The van der Waals surface area contributed by atoms with E-state index in [-0.39, 0.29) is 6.10 Å². The van der Waals surface area contributed by atoms with Crippen LogP contribution < -0.4 is 19.9 Å². The molecule has 0 spiro atoms. The topological polar surface area (TPSA) is 33.7 Å². The lowest BCUT2D eigenvalue weighted by Crippen LogP contribution is -2.30. The van der Waals surface area contributed by atoms with E-state index in [0.29, 0.717) is 0 Å². The summed E-state index contributed by atoms with van der Waals surface area (Å²) in [4.78, 5) is 0. The molecule has 2 aromatic carbocycles. The SMILES string of the molecule is C=C(/C=C\C=C/C)c1cc(N2N/C=C\C=C/Cc3c(OC4CC=CC(C)=C4C)cccc32)ccc1OC. The first-order valence-electron chi connectivity index (χ1n) is 12.7. The van der Waals surface area contributed by atoms with Gasteiger partial charge in [-0.3, -0.25) is 5.01 Å². The van der Waals surface area contributed by atoms with Crippen molar-refractivity contribution in [1.29, 1.82) is 0 Å². The molecule has 1 N–H and O–H groups in total. The summed E-state index contributed by atoms with van der Waals surface area (Å²) in [5, 5.41) is 2.09. The van der Waals surface area contributed by atoms with Gasteiger partial charge in [-0.25, -0.2) is 0 Å². The van der Waals surface area contributed by atoms with Gasteiger partial charge in [-0.05, 0) is 80.3 Å². The number of hydrazine groups is 1. The van der Waals surface area contributed by atoms with Gasteiger partial charge in [-0.1, -0.05) is 61.3 Å². The van der Waals surface area contributed by atoms with E-state index in [2.05, 4.69) is 85.5 Å². The molecule has 0 radical (unpaired) electrons. The molecule has 1 unspecified atom stereocenters. The van der Waals surface area contributed by atoms with Gasteiger partial charge in [0.05, 0.1) is 18.5 Å². The fourth-order valence-electron chi connectivity index (χ4n) is 4.48. The van der Waals surface area contributed by atoms with Crippen molar-refractivity contribution >= 4 is 16.9 Å². The summed E-state index contributed by atoms with van der Waals surface area (Å²) in [6.07, 6.45) is 22.1. The number of nitrogens with one attached hydrogen (secondary N) is 1.